The Bertz CT molecular complexity index is 505. The zero-order valence-corrected chi connectivity index (χ0v) is 11.6. The maximum atomic E-state index is 13.2. The molecule has 2 unspecified atom stereocenters. The van der Waals surface area contributed by atoms with Gasteiger partial charge in [-0.2, -0.15) is 13.2 Å². The summed E-state index contributed by atoms with van der Waals surface area (Å²) in [7, 11) is 0. The molecule has 0 radical (unpaired) electrons. The standard InChI is InChI=1S/C16H19F3O/c1-2-14(10-15(11-20-15)16(17,18)19)9-5-7-12-6-3-4-8-13(12)14/h3-4,6,8H,2,5,7,9-11H2,1H3. The number of alkyl halides is 3. The second-order valence-electron chi connectivity index (χ2n) is 6.10. The molecule has 3 rings (SSSR count). The largest absolute Gasteiger partial charge is 0.419 e. The Labute approximate surface area is 117 Å². The van der Waals surface area contributed by atoms with Crippen LogP contribution in [0.2, 0.25) is 0 Å². The summed E-state index contributed by atoms with van der Waals surface area (Å²) in [4.78, 5) is 0. The summed E-state index contributed by atoms with van der Waals surface area (Å²) >= 11 is 0. The summed E-state index contributed by atoms with van der Waals surface area (Å²) in [6, 6.07) is 7.96. The maximum Gasteiger partial charge on any atom is 0.419 e. The molecule has 0 aromatic heterocycles. The molecule has 2 aliphatic rings. The molecule has 1 nitrogen and oxygen atoms in total. The third kappa shape index (κ3) is 2.05. The lowest BCUT2D eigenvalue weighted by Crippen LogP contribution is -2.42. The van der Waals surface area contributed by atoms with E-state index in [1.165, 1.54) is 5.56 Å². The molecule has 1 aliphatic heterocycles. The molecule has 2 atom stereocenters. The van der Waals surface area contributed by atoms with E-state index in [9.17, 15) is 13.2 Å². The molecule has 0 saturated carbocycles. The highest BCUT2D eigenvalue weighted by molar-refractivity contribution is 5.37. The van der Waals surface area contributed by atoms with E-state index >= 15 is 0 Å². The second-order valence-corrected chi connectivity index (χ2v) is 6.10. The Morgan fingerprint density at radius 1 is 1.25 bits per heavy atom. The van der Waals surface area contributed by atoms with Gasteiger partial charge in [-0.1, -0.05) is 31.2 Å². The SMILES string of the molecule is CCC1(CC2(C(F)(F)F)CO2)CCCc2ccccc21. The van der Waals surface area contributed by atoms with Gasteiger partial charge in [0.05, 0.1) is 6.61 Å². The van der Waals surface area contributed by atoms with Crippen molar-refractivity contribution < 1.29 is 17.9 Å². The van der Waals surface area contributed by atoms with E-state index in [1.807, 2.05) is 31.2 Å². The van der Waals surface area contributed by atoms with Crippen LogP contribution in [0.1, 0.15) is 43.7 Å². The molecule has 1 aromatic rings. The highest BCUT2D eigenvalue weighted by Crippen LogP contribution is 2.54. The van der Waals surface area contributed by atoms with Crippen molar-refractivity contribution in [3.63, 3.8) is 0 Å². The van der Waals surface area contributed by atoms with Crippen molar-refractivity contribution in [1.82, 2.24) is 0 Å². The van der Waals surface area contributed by atoms with E-state index in [4.69, 9.17) is 4.74 Å². The van der Waals surface area contributed by atoms with Crippen LogP contribution in [0.5, 0.6) is 0 Å². The van der Waals surface area contributed by atoms with Crippen LogP contribution in [0, 0.1) is 0 Å². The Morgan fingerprint density at radius 3 is 2.55 bits per heavy atom. The van der Waals surface area contributed by atoms with E-state index in [0.29, 0.717) is 0 Å². The molecule has 4 heteroatoms. The van der Waals surface area contributed by atoms with Crippen LogP contribution in [0.25, 0.3) is 0 Å². The number of hydrogen-bond acceptors (Lipinski definition) is 1. The predicted molar refractivity (Wildman–Crippen MR) is 70.7 cm³/mol. The van der Waals surface area contributed by atoms with Gasteiger partial charge in [-0.25, -0.2) is 0 Å². The topological polar surface area (TPSA) is 12.5 Å². The first-order valence-electron chi connectivity index (χ1n) is 7.22. The van der Waals surface area contributed by atoms with Crippen LogP contribution in [0.3, 0.4) is 0 Å². The first-order chi connectivity index (χ1) is 9.43. The van der Waals surface area contributed by atoms with Crippen molar-refractivity contribution in [1.29, 1.82) is 0 Å². The highest BCUT2D eigenvalue weighted by atomic mass is 19.4. The van der Waals surface area contributed by atoms with E-state index in [1.54, 1.807) is 0 Å². The smallest absolute Gasteiger partial charge is 0.360 e. The van der Waals surface area contributed by atoms with E-state index < -0.39 is 11.8 Å². The number of hydrogen-bond donors (Lipinski definition) is 0. The van der Waals surface area contributed by atoms with Gasteiger partial charge in [0.15, 0.2) is 5.60 Å². The fourth-order valence-corrected chi connectivity index (χ4v) is 3.68. The summed E-state index contributed by atoms with van der Waals surface area (Å²) in [6.45, 7) is 1.81. The molecular weight excluding hydrogens is 265 g/mol. The van der Waals surface area contributed by atoms with Crippen molar-refractivity contribution in [3.8, 4) is 0 Å². The third-order valence-electron chi connectivity index (χ3n) is 5.00. The van der Waals surface area contributed by atoms with Gasteiger partial charge >= 0.3 is 6.18 Å². The zero-order valence-electron chi connectivity index (χ0n) is 11.6. The summed E-state index contributed by atoms with van der Waals surface area (Å²) < 4.78 is 44.5. The van der Waals surface area contributed by atoms with Crippen molar-refractivity contribution in [2.24, 2.45) is 0 Å². The Balaban J connectivity index is 1.98. The minimum absolute atomic E-state index is 0.0665. The van der Waals surface area contributed by atoms with Gasteiger partial charge in [0.1, 0.15) is 0 Å². The van der Waals surface area contributed by atoms with Gasteiger partial charge in [-0.3, -0.25) is 0 Å². The predicted octanol–water partition coefficient (Wildman–Crippen LogP) is 4.39. The summed E-state index contributed by atoms with van der Waals surface area (Å²) in [5.74, 6) is 0. The van der Waals surface area contributed by atoms with Crippen LogP contribution in [0.4, 0.5) is 13.2 Å². The Morgan fingerprint density at radius 2 is 1.95 bits per heavy atom. The minimum atomic E-state index is -4.26. The lowest BCUT2D eigenvalue weighted by atomic mass is 9.64. The van der Waals surface area contributed by atoms with Crippen LogP contribution < -0.4 is 0 Å². The number of rotatable bonds is 3. The molecule has 1 heterocycles. The highest BCUT2D eigenvalue weighted by Gasteiger charge is 2.68. The quantitative estimate of drug-likeness (QED) is 0.750. The second kappa shape index (κ2) is 4.48. The van der Waals surface area contributed by atoms with Crippen molar-refractivity contribution in [2.45, 2.75) is 56.2 Å². The molecule has 1 fully saturated rings. The van der Waals surface area contributed by atoms with Crippen molar-refractivity contribution in [2.75, 3.05) is 6.61 Å². The van der Waals surface area contributed by atoms with Gasteiger partial charge in [-0.05, 0) is 48.6 Å². The Kier molecular flexibility index (Phi) is 3.12. The molecule has 1 aliphatic carbocycles. The average Bonchev–Trinajstić information content (AvgIpc) is 3.19. The van der Waals surface area contributed by atoms with Gasteiger partial charge in [-0.15, -0.1) is 0 Å². The molecule has 1 aromatic carbocycles. The Hall–Kier alpha value is -1.03. The molecule has 0 N–H and O–H groups in total. The summed E-state index contributed by atoms with van der Waals surface area (Å²) in [6.07, 6.45) is -0.720. The lowest BCUT2D eigenvalue weighted by molar-refractivity contribution is -0.190. The normalized spacial score (nSPS) is 32.8. The summed E-state index contributed by atoms with van der Waals surface area (Å²) in [5.41, 5.74) is 0.0281. The van der Waals surface area contributed by atoms with Gasteiger partial charge in [0, 0.05) is 0 Å². The van der Waals surface area contributed by atoms with Crippen LogP contribution in [0.15, 0.2) is 24.3 Å². The third-order valence-corrected chi connectivity index (χ3v) is 5.00. The molecule has 0 amide bonds. The van der Waals surface area contributed by atoms with Gasteiger partial charge in [0.25, 0.3) is 0 Å². The van der Waals surface area contributed by atoms with Crippen molar-refractivity contribution in [3.05, 3.63) is 35.4 Å². The maximum absolute atomic E-state index is 13.2. The lowest BCUT2D eigenvalue weighted by Gasteiger charge is -2.40. The van der Waals surface area contributed by atoms with Gasteiger partial charge in [0.2, 0.25) is 0 Å². The number of aryl methyl sites for hydroxylation is 1. The number of benzene rings is 1. The molecular formula is C16H19F3O. The zero-order chi connectivity index (χ0) is 14.4. The number of epoxide rings is 1. The molecule has 110 valence electrons. The van der Waals surface area contributed by atoms with E-state index in [2.05, 4.69) is 0 Å². The van der Waals surface area contributed by atoms with Gasteiger partial charge < -0.3 is 4.74 Å². The fourth-order valence-electron chi connectivity index (χ4n) is 3.68. The number of ether oxygens (including phenoxy) is 1. The molecule has 1 saturated heterocycles. The van der Waals surface area contributed by atoms with Crippen LogP contribution in [-0.2, 0) is 16.6 Å². The van der Waals surface area contributed by atoms with E-state index in [0.717, 1.165) is 31.2 Å². The number of halogens is 3. The molecule has 0 bridgehead atoms. The van der Waals surface area contributed by atoms with E-state index in [-0.39, 0.29) is 18.4 Å². The molecule has 20 heavy (non-hydrogen) atoms. The fraction of sp³-hybridized carbons (Fsp3) is 0.625. The minimum Gasteiger partial charge on any atom is -0.360 e. The number of fused-ring (bicyclic) bond motifs is 1. The van der Waals surface area contributed by atoms with Crippen molar-refractivity contribution >= 4 is 0 Å². The van der Waals surface area contributed by atoms with Crippen LogP contribution in [-0.4, -0.2) is 18.4 Å². The van der Waals surface area contributed by atoms with Crippen LogP contribution >= 0.6 is 0 Å². The summed E-state index contributed by atoms with van der Waals surface area (Å²) in [5, 5.41) is 0. The first kappa shape index (κ1) is 13.9. The first-order valence-corrected chi connectivity index (χ1v) is 7.22. The molecule has 0 spiro atoms. The monoisotopic (exact) mass is 284 g/mol. The average molecular weight is 284 g/mol.